The largest absolute Gasteiger partial charge is 0.573 e. The fourth-order valence-corrected chi connectivity index (χ4v) is 4.72. The first-order valence-corrected chi connectivity index (χ1v) is 12.8. The van der Waals surface area contributed by atoms with Gasteiger partial charge in [0.15, 0.2) is 5.69 Å². The normalized spacial score (nSPS) is 12.9. The third-order valence-electron chi connectivity index (χ3n) is 5.72. The van der Waals surface area contributed by atoms with Crippen LogP contribution in [-0.2, 0) is 6.18 Å². The summed E-state index contributed by atoms with van der Waals surface area (Å²) in [5.74, 6) is -1.26. The molecule has 1 N–H and O–H groups in total. The number of thiazole rings is 1. The maximum atomic E-state index is 13.9. The third-order valence-corrected chi connectivity index (χ3v) is 6.81. The van der Waals surface area contributed by atoms with Crippen LogP contribution in [-0.4, -0.2) is 48.4 Å². The lowest BCUT2D eigenvalue weighted by Crippen LogP contribution is -2.28. The van der Waals surface area contributed by atoms with Crippen LogP contribution in [0.3, 0.4) is 0 Å². The number of nitrogens with one attached hydrogen (secondary N) is 1. The number of amides is 1. The number of ether oxygens (including phenoxy) is 2. The number of nitrogens with zero attached hydrogens (tertiary/aromatic N) is 2. The summed E-state index contributed by atoms with van der Waals surface area (Å²) in [4.78, 5) is 18.2. The van der Waals surface area contributed by atoms with Crippen LogP contribution in [0.1, 0.15) is 47.7 Å². The first-order valence-electron chi connectivity index (χ1n) is 12.0. The molecule has 0 bridgehead atoms. The minimum absolute atomic E-state index is 0.0564. The molecule has 0 aliphatic heterocycles. The zero-order valence-electron chi connectivity index (χ0n) is 21.3. The molecule has 0 aliphatic carbocycles. The highest BCUT2D eigenvalue weighted by Crippen LogP contribution is 2.40. The van der Waals surface area contributed by atoms with Crippen molar-refractivity contribution in [1.29, 1.82) is 0 Å². The number of carbonyl (C=O) groups excluding carboxylic acids is 1. The summed E-state index contributed by atoms with van der Waals surface area (Å²) in [6, 6.07) is 10.4. The first kappa shape index (κ1) is 30.2. The molecule has 3 rings (SSSR count). The Morgan fingerprint density at radius 1 is 1.05 bits per heavy atom. The van der Waals surface area contributed by atoms with Crippen LogP contribution in [0.5, 0.6) is 11.5 Å². The van der Waals surface area contributed by atoms with Crippen molar-refractivity contribution in [3.63, 3.8) is 0 Å². The third kappa shape index (κ3) is 8.33. The number of benzene rings is 2. The molecule has 2 aromatic carbocycles. The van der Waals surface area contributed by atoms with Crippen LogP contribution in [0, 0.1) is 0 Å². The van der Waals surface area contributed by atoms with Crippen LogP contribution >= 0.6 is 11.3 Å². The second-order valence-electron chi connectivity index (χ2n) is 8.38. The molecular formula is C26H27F6N3O3S. The van der Waals surface area contributed by atoms with Crippen LogP contribution < -0.4 is 14.8 Å². The lowest BCUT2D eigenvalue weighted by atomic mass is 10.1. The van der Waals surface area contributed by atoms with Crippen molar-refractivity contribution >= 4 is 17.2 Å². The summed E-state index contributed by atoms with van der Waals surface area (Å²) in [6.07, 6.45) is -9.85. The minimum Gasteiger partial charge on any atom is -0.492 e. The Kier molecular flexibility index (Phi) is 9.83. The molecule has 3 aromatic rings. The molecule has 0 saturated carbocycles. The minimum atomic E-state index is -4.93. The maximum Gasteiger partial charge on any atom is 0.573 e. The molecule has 0 radical (unpaired) electrons. The Labute approximate surface area is 225 Å². The van der Waals surface area contributed by atoms with E-state index in [1.165, 1.54) is 19.1 Å². The van der Waals surface area contributed by atoms with Gasteiger partial charge in [0.1, 0.15) is 28.0 Å². The van der Waals surface area contributed by atoms with Crippen molar-refractivity contribution in [2.45, 2.75) is 39.4 Å². The standard InChI is InChI=1S/C26H27F6N3O3S/c1-4-35(5-2)13-14-37-20-12-7-6-11-19(20)24-34-22(25(27,28)29)21(39-24)23(36)33-16(3)17-9-8-10-18(15-17)38-26(30,31)32/h6-12,15-16H,4-5,13-14H2,1-3H3,(H,33,36). The van der Waals surface area contributed by atoms with Crippen molar-refractivity contribution in [2.24, 2.45) is 0 Å². The van der Waals surface area contributed by atoms with Crippen molar-refractivity contribution in [1.82, 2.24) is 15.2 Å². The molecule has 0 saturated heterocycles. The van der Waals surface area contributed by atoms with E-state index in [0.717, 1.165) is 25.2 Å². The summed E-state index contributed by atoms with van der Waals surface area (Å²) in [7, 11) is 0. The molecule has 1 atom stereocenters. The second kappa shape index (κ2) is 12.7. The van der Waals surface area contributed by atoms with E-state index in [4.69, 9.17) is 4.74 Å². The van der Waals surface area contributed by atoms with Crippen LogP contribution in [0.4, 0.5) is 26.3 Å². The van der Waals surface area contributed by atoms with E-state index in [-0.39, 0.29) is 10.6 Å². The topological polar surface area (TPSA) is 63.7 Å². The summed E-state index contributed by atoms with van der Waals surface area (Å²) in [5, 5.41) is 2.36. The van der Waals surface area contributed by atoms with Crippen LogP contribution in [0.15, 0.2) is 48.5 Å². The van der Waals surface area contributed by atoms with Gasteiger partial charge in [0.2, 0.25) is 0 Å². The Balaban J connectivity index is 1.86. The van der Waals surface area contributed by atoms with E-state index < -0.39 is 40.8 Å². The molecule has 212 valence electrons. The van der Waals surface area contributed by atoms with E-state index in [1.807, 2.05) is 13.8 Å². The van der Waals surface area contributed by atoms with Crippen molar-refractivity contribution in [2.75, 3.05) is 26.2 Å². The van der Waals surface area contributed by atoms with Gasteiger partial charge < -0.3 is 19.7 Å². The zero-order chi connectivity index (χ0) is 28.8. The molecular weight excluding hydrogens is 548 g/mol. The molecule has 1 heterocycles. The highest BCUT2D eigenvalue weighted by molar-refractivity contribution is 7.17. The molecule has 39 heavy (non-hydrogen) atoms. The summed E-state index contributed by atoms with van der Waals surface area (Å²) in [6.45, 7) is 8.00. The average molecular weight is 576 g/mol. The number of hydrogen-bond donors (Lipinski definition) is 1. The van der Waals surface area contributed by atoms with E-state index in [2.05, 4.69) is 19.9 Å². The molecule has 1 unspecified atom stereocenters. The van der Waals surface area contributed by atoms with Gasteiger partial charge in [0.25, 0.3) is 5.91 Å². The van der Waals surface area contributed by atoms with Gasteiger partial charge in [-0.1, -0.05) is 38.1 Å². The summed E-state index contributed by atoms with van der Waals surface area (Å²) in [5.41, 5.74) is -0.855. The number of likely N-dealkylation sites (N-methyl/N-ethyl adjacent to an activating group) is 1. The van der Waals surface area contributed by atoms with E-state index in [1.54, 1.807) is 24.3 Å². The van der Waals surface area contributed by atoms with Gasteiger partial charge in [0.05, 0.1) is 11.6 Å². The number of alkyl halides is 6. The van der Waals surface area contributed by atoms with Gasteiger partial charge in [-0.25, -0.2) is 4.98 Å². The molecule has 1 aromatic heterocycles. The number of aromatic nitrogens is 1. The highest BCUT2D eigenvalue weighted by atomic mass is 32.1. The van der Waals surface area contributed by atoms with Gasteiger partial charge in [0, 0.05) is 6.54 Å². The summed E-state index contributed by atoms with van der Waals surface area (Å²) < 4.78 is 89.0. The van der Waals surface area contributed by atoms with E-state index >= 15 is 0 Å². The summed E-state index contributed by atoms with van der Waals surface area (Å²) >= 11 is 0.552. The SMILES string of the molecule is CCN(CC)CCOc1ccccc1-c1nc(C(F)(F)F)c(C(=O)NC(C)c2cccc(OC(F)(F)F)c2)s1. The lowest BCUT2D eigenvalue weighted by Gasteiger charge is -2.18. The number of hydrogen-bond acceptors (Lipinski definition) is 6. The van der Waals surface area contributed by atoms with E-state index in [9.17, 15) is 31.1 Å². The first-order chi connectivity index (χ1) is 18.3. The fraction of sp³-hybridized carbons (Fsp3) is 0.385. The molecule has 6 nitrogen and oxygen atoms in total. The number of carbonyl (C=O) groups is 1. The van der Waals surface area contributed by atoms with Crippen LogP contribution in [0.25, 0.3) is 10.6 Å². The van der Waals surface area contributed by atoms with Crippen molar-refractivity contribution < 1.29 is 40.6 Å². The van der Waals surface area contributed by atoms with Gasteiger partial charge in [-0.15, -0.1) is 24.5 Å². The second-order valence-corrected chi connectivity index (χ2v) is 9.38. The molecule has 13 heteroatoms. The number of halogens is 6. The number of rotatable bonds is 11. The Hall–Kier alpha value is -3.32. The molecule has 0 spiro atoms. The monoisotopic (exact) mass is 575 g/mol. The van der Waals surface area contributed by atoms with Gasteiger partial charge >= 0.3 is 12.5 Å². The number of para-hydroxylation sites is 1. The highest BCUT2D eigenvalue weighted by Gasteiger charge is 2.40. The predicted molar refractivity (Wildman–Crippen MR) is 135 cm³/mol. The van der Waals surface area contributed by atoms with Gasteiger partial charge in [-0.05, 0) is 49.8 Å². The predicted octanol–water partition coefficient (Wildman–Crippen LogP) is 6.94. The maximum absolute atomic E-state index is 13.9. The van der Waals surface area contributed by atoms with Gasteiger partial charge in [-0.2, -0.15) is 13.2 Å². The molecule has 0 fully saturated rings. The fourth-order valence-electron chi connectivity index (χ4n) is 3.70. The molecule has 0 aliphatic rings. The average Bonchev–Trinajstić information content (AvgIpc) is 3.32. The quantitative estimate of drug-likeness (QED) is 0.251. The molecule has 1 amide bonds. The van der Waals surface area contributed by atoms with Crippen LogP contribution in [0.2, 0.25) is 0 Å². The smallest absolute Gasteiger partial charge is 0.492 e. The van der Waals surface area contributed by atoms with Crippen molar-refractivity contribution in [3.05, 3.63) is 64.7 Å². The van der Waals surface area contributed by atoms with Gasteiger partial charge in [-0.3, -0.25) is 4.79 Å². The Morgan fingerprint density at radius 3 is 2.38 bits per heavy atom. The van der Waals surface area contributed by atoms with E-state index in [0.29, 0.717) is 35.8 Å². The lowest BCUT2D eigenvalue weighted by molar-refractivity contribution is -0.274. The Morgan fingerprint density at radius 2 is 1.74 bits per heavy atom. The zero-order valence-corrected chi connectivity index (χ0v) is 22.1. The van der Waals surface area contributed by atoms with Crippen molar-refractivity contribution in [3.8, 4) is 22.1 Å². The Bertz CT molecular complexity index is 1260.